The first-order valence-electron chi connectivity index (χ1n) is 13.1. The van der Waals surface area contributed by atoms with Gasteiger partial charge in [0, 0.05) is 23.2 Å². The van der Waals surface area contributed by atoms with Crippen molar-refractivity contribution >= 4 is 5.97 Å². The molecule has 0 saturated carbocycles. The number of aromatic amines is 1. The van der Waals surface area contributed by atoms with E-state index in [0.717, 1.165) is 59.2 Å². The summed E-state index contributed by atoms with van der Waals surface area (Å²) in [6.45, 7) is 4.21. The van der Waals surface area contributed by atoms with E-state index in [0.29, 0.717) is 12.2 Å². The van der Waals surface area contributed by atoms with Crippen molar-refractivity contribution in [1.82, 2.24) is 30.0 Å². The number of fused-ring (bicyclic) bond motifs is 1. The van der Waals surface area contributed by atoms with Gasteiger partial charge in [-0.05, 0) is 46.9 Å². The third-order valence-corrected chi connectivity index (χ3v) is 7.18. The Morgan fingerprint density at radius 1 is 1.03 bits per heavy atom. The number of allylic oxidation sites excluding steroid dienone is 1. The summed E-state index contributed by atoms with van der Waals surface area (Å²) >= 11 is 0. The van der Waals surface area contributed by atoms with Crippen molar-refractivity contribution < 1.29 is 9.53 Å². The van der Waals surface area contributed by atoms with Crippen molar-refractivity contribution in [1.29, 1.82) is 0 Å². The highest BCUT2D eigenvalue weighted by atomic mass is 16.5. The van der Waals surface area contributed by atoms with Crippen molar-refractivity contribution in [2.45, 2.75) is 58.0 Å². The number of carbonyl (C=O) groups excluding carboxylic acids is 1. The number of H-pyrrole nitrogens is 1. The van der Waals surface area contributed by atoms with Gasteiger partial charge in [0.05, 0.1) is 13.2 Å². The maximum Gasteiger partial charge on any atom is 0.334 e. The number of rotatable bonds is 9. The number of benzene rings is 2. The Morgan fingerprint density at radius 3 is 2.47 bits per heavy atom. The minimum atomic E-state index is -0.758. The van der Waals surface area contributed by atoms with E-state index < -0.39 is 12.0 Å². The Balaban J connectivity index is 1.51. The highest BCUT2D eigenvalue weighted by Gasteiger charge is 2.32. The molecule has 5 rings (SSSR count). The zero-order valence-electron chi connectivity index (χ0n) is 21.9. The molecule has 196 valence electrons. The van der Waals surface area contributed by atoms with Gasteiger partial charge in [0.1, 0.15) is 0 Å². The van der Waals surface area contributed by atoms with Crippen LogP contribution in [0.2, 0.25) is 0 Å². The van der Waals surface area contributed by atoms with Crippen molar-refractivity contribution in [3.63, 3.8) is 0 Å². The highest BCUT2D eigenvalue weighted by Crippen LogP contribution is 2.31. The summed E-state index contributed by atoms with van der Waals surface area (Å²) in [6.07, 6.45) is 8.18. The normalized spacial score (nSPS) is 16.4. The van der Waals surface area contributed by atoms with Crippen LogP contribution >= 0.6 is 0 Å². The first kappa shape index (κ1) is 25.4. The molecule has 0 amide bonds. The van der Waals surface area contributed by atoms with Crippen molar-refractivity contribution in [3.05, 3.63) is 87.9 Å². The fourth-order valence-corrected chi connectivity index (χ4v) is 5.26. The van der Waals surface area contributed by atoms with Crippen molar-refractivity contribution in [3.8, 4) is 22.5 Å². The number of tetrazole rings is 1. The summed E-state index contributed by atoms with van der Waals surface area (Å²) in [4.78, 5) is 26.3. The Labute approximate surface area is 221 Å². The number of methoxy groups -OCH3 is 1. The van der Waals surface area contributed by atoms with Crippen LogP contribution in [0.5, 0.6) is 0 Å². The number of carbonyl (C=O) groups is 1. The van der Waals surface area contributed by atoms with E-state index in [1.54, 1.807) is 10.8 Å². The largest absolute Gasteiger partial charge is 0.467 e. The molecule has 2 aromatic heterocycles. The third kappa shape index (κ3) is 4.71. The van der Waals surface area contributed by atoms with Crippen molar-refractivity contribution in [2.75, 3.05) is 7.11 Å². The molecule has 2 atom stereocenters. The Kier molecular flexibility index (Phi) is 7.35. The minimum absolute atomic E-state index is 0.0292. The lowest BCUT2D eigenvalue weighted by atomic mass is 9.96. The maximum absolute atomic E-state index is 13.8. The van der Waals surface area contributed by atoms with Gasteiger partial charge in [-0.2, -0.15) is 0 Å². The average molecular weight is 513 g/mol. The number of nitrogens with one attached hydrogen (secondary N) is 1. The van der Waals surface area contributed by atoms with Crippen LogP contribution in [0.15, 0.2) is 65.5 Å². The van der Waals surface area contributed by atoms with Gasteiger partial charge in [0.2, 0.25) is 0 Å². The van der Waals surface area contributed by atoms with E-state index >= 15 is 0 Å². The van der Waals surface area contributed by atoms with E-state index in [4.69, 9.17) is 4.74 Å². The molecule has 9 heteroatoms. The number of aromatic nitrogens is 6. The van der Waals surface area contributed by atoms with Crippen LogP contribution in [-0.4, -0.2) is 43.1 Å². The summed E-state index contributed by atoms with van der Waals surface area (Å²) in [5.41, 5.74) is 5.60. The predicted molar refractivity (Wildman–Crippen MR) is 145 cm³/mol. The van der Waals surface area contributed by atoms with Crippen LogP contribution in [0.25, 0.3) is 22.5 Å². The molecule has 4 aromatic rings. The molecule has 0 spiro atoms. The quantitative estimate of drug-likeness (QED) is 0.198. The molecule has 2 aromatic carbocycles. The lowest BCUT2D eigenvalue weighted by molar-refractivity contribution is -0.143. The SMILES string of the molecule is CCCCCc1c(Cc2ccc(-c3ccccc3-c3nnn[nH]3)cc2)c(=O)n2n1C(C)C=CC2C(=O)OC. The van der Waals surface area contributed by atoms with Gasteiger partial charge in [0.25, 0.3) is 5.56 Å². The van der Waals surface area contributed by atoms with Gasteiger partial charge in [-0.25, -0.2) is 14.6 Å². The van der Waals surface area contributed by atoms with Crippen LogP contribution in [0.1, 0.15) is 62.0 Å². The Hall–Kier alpha value is -4.27. The zero-order chi connectivity index (χ0) is 26.6. The molecule has 1 aliphatic rings. The predicted octanol–water partition coefficient (Wildman–Crippen LogP) is 4.67. The Morgan fingerprint density at radius 2 is 1.79 bits per heavy atom. The molecule has 9 nitrogen and oxygen atoms in total. The van der Waals surface area contributed by atoms with E-state index in [2.05, 4.69) is 51.8 Å². The number of ether oxygens (including phenoxy) is 1. The third-order valence-electron chi connectivity index (χ3n) is 7.18. The highest BCUT2D eigenvalue weighted by molar-refractivity contribution is 5.80. The first-order valence-corrected chi connectivity index (χ1v) is 13.1. The molecule has 0 saturated heterocycles. The summed E-state index contributed by atoms with van der Waals surface area (Å²) in [5.74, 6) is 0.169. The summed E-state index contributed by atoms with van der Waals surface area (Å²) in [6, 6.07) is 15.4. The van der Waals surface area contributed by atoms with Crippen molar-refractivity contribution in [2.24, 2.45) is 0 Å². The molecule has 0 bridgehead atoms. The van der Waals surface area contributed by atoms with Gasteiger partial charge in [-0.15, -0.1) is 5.10 Å². The lowest BCUT2D eigenvalue weighted by Gasteiger charge is -2.27. The molecular formula is C29H32N6O3. The minimum Gasteiger partial charge on any atom is -0.467 e. The second-order valence-electron chi connectivity index (χ2n) is 9.64. The molecule has 0 aliphatic carbocycles. The number of esters is 1. The van der Waals surface area contributed by atoms with Gasteiger partial charge < -0.3 is 4.74 Å². The molecule has 3 heterocycles. The summed E-state index contributed by atoms with van der Waals surface area (Å²) < 4.78 is 8.61. The summed E-state index contributed by atoms with van der Waals surface area (Å²) in [5, 5.41) is 14.3. The molecule has 38 heavy (non-hydrogen) atoms. The second kappa shape index (κ2) is 11.0. The molecule has 0 fully saturated rings. The summed E-state index contributed by atoms with van der Waals surface area (Å²) in [7, 11) is 1.36. The average Bonchev–Trinajstić information content (AvgIpc) is 3.58. The second-order valence-corrected chi connectivity index (χ2v) is 9.64. The number of nitrogens with zero attached hydrogens (tertiary/aromatic N) is 5. The van der Waals surface area contributed by atoms with Gasteiger partial charge >= 0.3 is 5.97 Å². The number of hydrogen-bond acceptors (Lipinski definition) is 6. The van der Waals surface area contributed by atoms with E-state index in [1.165, 1.54) is 7.11 Å². The van der Waals surface area contributed by atoms with E-state index in [9.17, 15) is 9.59 Å². The smallest absolute Gasteiger partial charge is 0.334 e. The zero-order valence-corrected chi connectivity index (χ0v) is 21.9. The van der Waals surface area contributed by atoms with Gasteiger partial charge in [0.15, 0.2) is 11.9 Å². The van der Waals surface area contributed by atoms with Crippen LogP contribution in [0, 0.1) is 0 Å². The Bertz CT molecular complexity index is 1500. The topological polar surface area (TPSA) is 108 Å². The number of unbranched alkanes of at least 4 members (excludes halogenated alkanes) is 2. The fraction of sp³-hybridized carbons (Fsp3) is 0.345. The van der Waals surface area contributed by atoms with Crippen LogP contribution in [-0.2, 0) is 22.4 Å². The van der Waals surface area contributed by atoms with Crippen LogP contribution in [0.4, 0.5) is 0 Å². The molecular weight excluding hydrogens is 480 g/mol. The van der Waals surface area contributed by atoms with Gasteiger partial charge in [-0.1, -0.05) is 80.4 Å². The fourth-order valence-electron chi connectivity index (χ4n) is 5.26. The molecule has 2 unspecified atom stereocenters. The molecule has 1 N–H and O–H groups in total. The standard InChI is InChI=1S/C29H32N6O3/c1-4-5-6-11-25-24(28(36)35-26(29(37)38-3)17-12-19(2)34(25)35)18-20-13-15-21(16-14-20)22-9-7-8-10-23(22)27-30-32-33-31-27/h7-10,12-17,19,26H,4-6,11,18H2,1-3H3,(H,30,31,32,33). The van der Waals surface area contributed by atoms with E-state index in [-0.39, 0.29) is 11.6 Å². The first-order chi connectivity index (χ1) is 18.5. The maximum atomic E-state index is 13.8. The van der Waals surface area contributed by atoms with E-state index in [1.807, 2.05) is 41.9 Å². The number of hydrogen-bond donors (Lipinski definition) is 1. The monoisotopic (exact) mass is 512 g/mol. The van der Waals surface area contributed by atoms with Crippen LogP contribution < -0.4 is 5.56 Å². The van der Waals surface area contributed by atoms with Crippen LogP contribution in [0.3, 0.4) is 0 Å². The molecule has 1 aliphatic heterocycles. The van der Waals surface area contributed by atoms with Gasteiger partial charge in [-0.3, -0.25) is 9.48 Å². The molecule has 0 radical (unpaired) electrons. The lowest BCUT2D eigenvalue weighted by Crippen LogP contribution is -2.36.